The van der Waals surface area contributed by atoms with E-state index in [9.17, 15) is 8.42 Å². The van der Waals surface area contributed by atoms with Crippen molar-refractivity contribution in [1.82, 2.24) is 9.97 Å². The molecule has 0 atom stereocenters. The minimum atomic E-state index is -3.42. The van der Waals surface area contributed by atoms with E-state index in [0.717, 1.165) is 5.69 Å². The summed E-state index contributed by atoms with van der Waals surface area (Å²) in [6.07, 6.45) is 3.59. The van der Waals surface area contributed by atoms with E-state index in [4.69, 9.17) is 0 Å². The maximum Gasteiger partial charge on any atom is 0.233 e. The van der Waals surface area contributed by atoms with E-state index in [1.54, 1.807) is 36.7 Å². The summed E-state index contributed by atoms with van der Waals surface area (Å²) in [5.74, 6) is -0.0225. The molecular formula is C12H12BrN3O2S. The van der Waals surface area contributed by atoms with Crippen molar-refractivity contribution in [2.24, 2.45) is 0 Å². The summed E-state index contributed by atoms with van der Waals surface area (Å²) in [6, 6.07) is 8.75. The summed E-state index contributed by atoms with van der Waals surface area (Å²) in [5.41, 5.74) is 1.18. The molecule has 0 aliphatic rings. The molecule has 5 nitrogen and oxygen atoms in total. The minimum absolute atomic E-state index is 0.0225. The van der Waals surface area contributed by atoms with Crippen LogP contribution in [-0.2, 0) is 16.4 Å². The summed E-state index contributed by atoms with van der Waals surface area (Å²) < 4.78 is 26.8. The van der Waals surface area contributed by atoms with Gasteiger partial charge in [0.1, 0.15) is 4.60 Å². The van der Waals surface area contributed by atoms with E-state index in [-0.39, 0.29) is 5.75 Å². The van der Waals surface area contributed by atoms with Crippen molar-refractivity contribution in [3.63, 3.8) is 0 Å². The first-order valence-electron chi connectivity index (χ1n) is 5.58. The average molecular weight is 342 g/mol. The lowest BCUT2D eigenvalue weighted by molar-refractivity contribution is 0.600. The van der Waals surface area contributed by atoms with Gasteiger partial charge in [0.05, 0.1) is 11.4 Å². The van der Waals surface area contributed by atoms with Crippen molar-refractivity contribution < 1.29 is 8.42 Å². The van der Waals surface area contributed by atoms with Crippen LogP contribution in [0.5, 0.6) is 0 Å². The Morgan fingerprint density at radius 2 is 1.89 bits per heavy atom. The topological polar surface area (TPSA) is 72.0 Å². The number of nitrogens with zero attached hydrogens (tertiary/aromatic N) is 2. The smallest absolute Gasteiger partial charge is 0.233 e. The Kier molecular flexibility index (Phi) is 4.49. The Labute approximate surface area is 120 Å². The number of nitrogens with one attached hydrogen (secondary N) is 1. The molecule has 2 heterocycles. The van der Waals surface area contributed by atoms with Gasteiger partial charge in [-0.05, 0) is 40.2 Å². The van der Waals surface area contributed by atoms with Crippen molar-refractivity contribution in [3.05, 3.63) is 53.0 Å². The monoisotopic (exact) mass is 341 g/mol. The van der Waals surface area contributed by atoms with Crippen LogP contribution in [0.1, 0.15) is 5.69 Å². The van der Waals surface area contributed by atoms with E-state index < -0.39 is 10.0 Å². The zero-order chi connectivity index (χ0) is 13.7. The molecule has 100 valence electrons. The van der Waals surface area contributed by atoms with Crippen LogP contribution in [0.25, 0.3) is 0 Å². The summed E-state index contributed by atoms with van der Waals surface area (Å²) in [6.45, 7) is 0. The second-order valence-electron chi connectivity index (χ2n) is 3.83. The zero-order valence-corrected chi connectivity index (χ0v) is 12.4. The molecule has 0 spiro atoms. The summed E-state index contributed by atoms with van der Waals surface area (Å²) in [4.78, 5) is 8.05. The zero-order valence-electron chi connectivity index (χ0n) is 9.95. The predicted octanol–water partition coefficient (Wildman–Crippen LogP) is 2.22. The van der Waals surface area contributed by atoms with Crippen LogP contribution in [0.3, 0.4) is 0 Å². The maximum atomic E-state index is 11.9. The third-order valence-corrected chi connectivity index (χ3v) is 4.28. The number of hydrogen-bond acceptors (Lipinski definition) is 4. The molecule has 0 aromatic carbocycles. The second kappa shape index (κ2) is 6.12. The van der Waals surface area contributed by atoms with Gasteiger partial charge < -0.3 is 0 Å². The van der Waals surface area contributed by atoms with Crippen molar-refractivity contribution in [1.29, 1.82) is 0 Å². The number of aromatic nitrogens is 2. The molecule has 2 aromatic rings. The SMILES string of the molecule is O=S(=O)(CCc1ccccn1)Nc1cccnc1Br. The van der Waals surface area contributed by atoms with Crippen LogP contribution in [0.15, 0.2) is 47.3 Å². The van der Waals surface area contributed by atoms with Crippen LogP contribution in [0, 0.1) is 0 Å². The first-order chi connectivity index (χ1) is 9.07. The predicted molar refractivity (Wildman–Crippen MR) is 77.3 cm³/mol. The first kappa shape index (κ1) is 14.0. The molecule has 0 saturated heterocycles. The van der Waals surface area contributed by atoms with Gasteiger partial charge in [-0.3, -0.25) is 9.71 Å². The number of halogens is 1. The molecule has 2 aromatic heterocycles. The van der Waals surface area contributed by atoms with Crippen LogP contribution >= 0.6 is 15.9 Å². The average Bonchev–Trinajstić information content (AvgIpc) is 2.40. The van der Waals surface area contributed by atoms with Gasteiger partial charge in [0, 0.05) is 24.5 Å². The van der Waals surface area contributed by atoms with Crippen LogP contribution in [0.2, 0.25) is 0 Å². The number of sulfonamides is 1. The molecular weight excluding hydrogens is 330 g/mol. The lowest BCUT2D eigenvalue weighted by Crippen LogP contribution is -2.19. The Morgan fingerprint density at radius 3 is 2.58 bits per heavy atom. The highest BCUT2D eigenvalue weighted by Gasteiger charge is 2.13. The van der Waals surface area contributed by atoms with Gasteiger partial charge >= 0.3 is 0 Å². The van der Waals surface area contributed by atoms with Crippen molar-refractivity contribution in [3.8, 4) is 0 Å². The molecule has 0 unspecified atom stereocenters. The largest absolute Gasteiger partial charge is 0.281 e. The molecule has 0 aliphatic carbocycles. The molecule has 0 fully saturated rings. The number of hydrogen-bond donors (Lipinski definition) is 1. The summed E-state index contributed by atoms with van der Waals surface area (Å²) >= 11 is 3.19. The Balaban J connectivity index is 2.02. The van der Waals surface area contributed by atoms with E-state index in [2.05, 4.69) is 30.6 Å². The number of anilines is 1. The Hall–Kier alpha value is -1.47. The van der Waals surface area contributed by atoms with E-state index >= 15 is 0 Å². The molecule has 1 N–H and O–H groups in total. The van der Waals surface area contributed by atoms with Crippen LogP contribution < -0.4 is 4.72 Å². The van der Waals surface area contributed by atoms with Gasteiger partial charge in [-0.1, -0.05) is 6.07 Å². The highest BCUT2D eigenvalue weighted by atomic mass is 79.9. The standard InChI is InChI=1S/C12H12BrN3O2S/c13-12-11(5-3-8-15-12)16-19(17,18)9-6-10-4-1-2-7-14-10/h1-5,7-8,16H,6,9H2. The molecule has 2 rings (SSSR count). The Bertz CT molecular complexity index is 647. The van der Waals surface area contributed by atoms with Gasteiger partial charge in [-0.15, -0.1) is 0 Å². The van der Waals surface area contributed by atoms with E-state index in [1.807, 2.05) is 6.07 Å². The fourth-order valence-corrected chi connectivity index (χ4v) is 3.03. The van der Waals surface area contributed by atoms with Gasteiger partial charge in [-0.25, -0.2) is 13.4 Å². The molecule has 0 amide bonds. The van der Waals surface area contributed by atoms with Crippen LogP contribution in [0.4, 0.5) is 5.69 Å². The fourth-order valence-electron chi connectivity index (χ4n) is 1.47. The molecule has 19 heavy (non-hydrogen) atoms. The van der Waals surface area contributed by atoms with Crippen molar-refractivity contribution >= 4 is 31.6 Å². The highest BCUT2D eigenvalue weighted by molar-refractivity contribution is 9.10. The lowest BCUT2D eigenvalue weighted by Gasteiger charge is -2.08. The first-order valence-corrected chi connectivity index (χ1v) is 8.02. The van der Waals surface area contributed by atoms with E-state index in [0.29, 0.717) is 16.7 Å². The van der Waals surface area contributed by atoms with Crippen LogP contribution in [-0.4, -0.2) is 24.1 Å². The molecule has 7 heteroatoms. The molecule has 0 aliphatic heterocycles. The number of rotatable bonds is 5. The fraction of sp³-hybridized carbons (Fsp3) is 0.167. The lowest BCUT2D eigenvalue weighted by atomic mass is 10.3. The maximum absolute atomic E-state index is 11.9. The summed E-state index contributed by atoms with van der Waals surface area (Å²) in [5, 5.41) is 0. The number of pyridine rings is 2. The molecule has 0 saturated carbocycles. The quantitative estimate of drug-likeness (QED) is 0.846. The molecule has 0 bridgehead atoms. The van der Waals surface area contributed by atoms with E-state index in [1.165, 1.54) is 0 Å². The molecule has 0 radical (unpaired) electrons. The van der Waals surface area contributed by atoms with Gasteiger partial charge in [-0.2, -0.15) is 0 Å². The van der Waals surface area contributed by atoms with Gasteiger partial charge in [0.2, 0.25) is 10.0 Å². The highest BCUT2D eigenvalue weighted by Crippen LogP contribution is 2.19. The number of aryl methyl sites for hydroxylation is 1. The van der Waals surface area contributed by atoms with Gasteiger partial charge in [0.15, 0.2) is 0 Å². The van der Waals surface area contributed by atoms with Crippen molar-refractivity contribution in [2.75, 3.05) is 10.5 Å². The van der Waals surface area contributed by atoms with Gasteiger partial charge in [0.25, 0.3) is 0 Å². The van der Waals surface area contributed by atoms with Crippen molar-refractivity contribution in [2.45, 2.75) is 6.42 Å². The Morgan fingerprint density at radius 1 is 1.11 bits per heavy atom. The minimum Gasteiger partial charge on any atom is -0.281 e. The second-order valence-corrected chi connectivity index (χ2v) is 6.43. The third kappa shape index (κ3) is 4.29. The summed E-state index contributed by atoms with van der Waals surface area (Å²) in [7, 11) is -3.42. The third-order valence-electron chi connectivity index (χ3n) is 2.38. The normalized spacial score (nSPS) is 11.2.